The van der Waals surface area contributed by atoms with Gasteiger partial charge in [0.05, 0.1) is 12.5 Å². The Bertz CT molecular complexity index is 988. The number of anilines is 1. The predicted octanol–water partition coefficient (Wildman–Crippen LogP) is 3.51. The minimum Gasteiger partial charge on any atom is -0.353 e. The topological polar surface area (TPSA) is 65.7 Å². The van der Waals surface area contributed by atoms with Crippen LogP contribution in [0.15, 0.2) is 30.6 Å². The molecule has 2 aliphatic rings. The quantitative estimate of drug-likeness (QED) is 0.708. The molecule has 1 N–H and O–H groups in total. The minimum absolute atomic E-state index is 0.148. The van der Waals surface area contributed by atoms with Crippen LogP contribution in [0.2, 0.25) is 0 Å². The number of carbonyl (C=O) groups is 1. The number of piperazine rings is 1. The number of nitrogens with one attached hydrogen (secondary N) is 1. The van der Waals surface area contributed by atoms with E-state index in [1.807, 2.05) is 17.0 Å². The van der Waals surface area contributed by atoms with Crippen LogP contribution >= 0.6 is 0 Å². The summed E-state index contributed by atoms with van der Waals surface area (Å²) in [6, 6.07) is 7.73. The number of aryl methyl sites for hydroxylation is 1. The Balaban J connectivity index is 1.47. The molecule has 1 aromatic carbocycles. The number of hydrogen-bond acceptors (Lipinski definition) is 5. The van der Waals surface area contributed by atoms with Gasteiger partial charge in [0.1, 0.15) is 12.1 Å². The standard InChI is InChI=1S/C25H32N6O/c1-17(2)27-15-21(19-6-8-20(26-4)9-7-19)25(32)31-13-11-30(12-14-31)24-23-18(3)5-10-22(23)28-16-29-24/h6-9,16-18,21,27H,5,10-15H2,1-3H3/t18-,21?/m1/s1. The van der Waals surface area contributed by atoms with Crippen molar-refractivity contribution in [2.45, 2.75) is 51.5 Å². The molecular formula is C25H32N6O. The molecule has 2 aromatic rings. The van der Waals surface area contributed by atoms with Gasteiger partial charge in [-0.25, -0.2) is 14.8 Å². The lowest BCUT2D eigenvalue weighted by Gasteiger charge is -2.38. The Hall–Kier alpha value is -2.98. The molecular weight excluding hydrogens is 400 g/mol. The molecule has 0 saturated carbocycles. The molecule has 1 fully saturated rings. The maximum absolute atomic E-state index is 13.5. The van der Waals surface area contributed by atoms with Crippen molar-refractivity contribution < 1.29 is 4.79 Å². The van der Waals surface area contributed by atoms with Gasteiger partial charge in [0.2, 0.25) is 5.91 Å². The van der Waals surface area contributed by atoms with Gasteiger partial charge in [-0.15, -0.1) is 0 Å². The Labute approximate surface area is 190 Å². The smallest absolute Gasteiger partial charge is 0.231 e. The van der Waals surface area contributed by atoms with E-state index in [4.69, 9.17) is 6.57 Å². The fourth-order valence-electron chi connectivity index (χ4n) is 4.72. The van der Waals surface area contributed by atoms with Crippen LogP contribution in [0.25, 0.3) is 4.85 Å². The maximum atomic E-state index is 13.5. The number of rotatable bonds is 6. The third-order valence-corrected chi connectivity index (χ3v) is 6.60. The lowest BCUT2D eigenvalue weighted by Crippen LogP contribution is -2.51. The molecule has 0 radical (unpaired) electrons. The molecule has 1 amide bonds. The SMILES string of the molecule is [C-]#[N+]c1ccc(C(CNC(C)C)C(=O)N2CCN(c3ncnc4c3[C@H](C)CC4)CC2)cc1. The van der Waals surface area contributed by atoms with Crippen LogP contribution in [0, 0.1) is 6.57 Å². The van der Waals surface area contributed by atoms with Crippen LogP contribution in [-0.2, 0) is 11.2 Å². The monoisotopic (exact) mass is 432 g/mol. The Morgan fingerprint density at radius 1 is 1.19 bits per heavy atom. The molecule has 1 saturated heterocycles. The van der Waals surface area contributed by atoms with Crippen LogP contribution in [0.1, 0.15) is 55.8 Å². The first-order chi connectivity index (χ1) is 15.5. The van der Waals surface area contributed by atoms with Gasteiger partial charge < -0.3 is 15.1 Å². The van der Waals surface area contributed by atoms with E-state index < -0.39 is 0 Å². The summed E-state index contributed by atoms with van der Waals surface area (Å²) >= 11 is 0. The minimum atomic E-state index is -0.257. The predicted molar refractivity (Wildman–Crippen MR) is 126 cm³/mol. The van der Waals surface area contributed by atoms with Crippen LogP contribution in [-0.4, -0.2) is 59.5 Å². The van der Waals surface area contributed by atoms with E-state index in [-0.39, 0.29) is 11.8 Å². The zero-order chi connectivity index (χ0) is 22.7. The normalized spacial score (nSPS) is 19.0. The highest BCUT2D eigenvalue weighted by atomic mass is 16.2. The summed E-state index contributed by atoms with van der Waals surface area (Å²) in [5.41, 5.74) is 4.03. The Morgan fingerprint density at radius 3 is 2.56 bits per heavy atom. The zero-order valence-electron chi connectivity index (χ0n) is 19.2. The van der Waals surface area contributed by atoms with E-state index in [0.717, 1.165) is 37.3 Å². The molecule has 168 valence electrons. The van der Waals surface area contributed by atoms with Gasteiger partial charge in [-0.1, -0.05) is 45.0 Å². The first-order valence-electron chi connectivity index (χ1n) is 11.6. The van der Waals surface area contributed by atoms with E-state index in [1.54, 1.807) is 18.5 Å². The molecule has 7 nitrogen and oxygen atoms in total. The molecule has 0 bridgehead atoms. The summed E-state index contributed by atoms with van der Waals surface area (Å²) in [6.07, 6.45) is 3.85. The average Bonchev–Trinajstić information content (AvgIpc) is 3.20. The molecule has 1 aromatic heterocycles. The fourth-order valence-corrected chi connectivity index (χ4v) is 4.72. The number of amides is 1. The molecule has 0 spiro atoms. The van der Waals surface area contributed by atoms with Crippen LogP contribution in [0.5, 0.6) is 0 Å². The van der Waals surface area contributed by atoms with Crippen LogP contribution in [0.3, 0.4) is 0 Å². The summed E-state index contributed by atoms with van der Waals surface area (Å²) in [5, 5.41) is 3.43. The fraction of sp³-hybridized carbons (Fsp3) is 0.520. The molecule has 1 aliphatic carbocycles. The van der Waals surface area contributed by atoms with Crippen molar-refractivity contribution in [2.24, 2.45) is 0 Å². The average molecular weight is 433 g/mol. The largest absolute Gasteiger partial charge is 0.353 e. The molecule has 2 atom stereocenters. The van der Waals surface area contributed by atoms with Crippen molar-refractivity contribution in [2.75, 3.05) is 37.6 Å². The van der Waals surface area contributed by atoms with E-state index in [2.05, 4.69) is 45.8 Å². The second kappa shape index (κ2) is 9.66. The highest BCUT2D eigenvalue weighted by molar-refractivity contribution is 5.84. The molecule has 2 heterocycles. The molecule has 32 heavy (non-hydrogen) atoms. The summed E-state index contributed by atoms with van der Waals surface area (Å²) < 4.78 is 0. The van der Waals surface area contributed by atoms with Crippen molar-refractivity contribution in [3.8, 4) is 0 Å². The van der Waals surface area contributed by atoms with Gasteiger partial charge >= 0.3 is 0 Å². The second-order valence-corrected chi connectivity index (χ2v) is 9.13. The van der Waals surface area contributed by atoms with Gasteiger partial charge in [0, 0.05) is 50.0 Å². The van der Waals surface area contributed by atoms with Crippen molar-refractivity contribution in [3.05, 3.63) is 58.8 Å². The maximum Gasteiger partial charge on any atom is 0.231 e. The molecule has 4 rings (SSSR count). The Morgan fingerprint density at radius 2 is 1.91 bits per heavy atom. The van der Waals surface area contributed by atoms with E-state index in [1.165, 1.54) is 11.3 Å². The first kappa shape index (κ1) is 22.2. The third-order valence-electron chi connectivity index (χ3n) is 6.60. The summed E-state index contributed by atoms with van der Waals surface area (Å²) in [4.78, 5) is 30.4. The van der Waals surface area contributed by atoms with Crippen molar-refractivity contribution in [1.29, 1.82) is 0 Å². The van der Waals surface area contributed by atoms with Gasteiger partial charge in [-0.05, 0) is 24.3 Å². The summed E-state index contributed by atoms with van der Waals surface area (Å²) in [5.74, 6) is 1.44. The van der Waals surface area contributed by atoms with Gasteiger partial charge in [-0.2, -0.15) is 0 Å². The van der Waals surface area contributed by atoms with Gasteiger partial charge in [-0.3, -0.25) is 4.79 Å². The molecule has 1 aliphatic heterocycles. The van der Waals surface area contributed by atoms with Gasteiger partial charge in [0.25, 0.3) is 0 Å². The zero-order valence-corrected chi connectivity index (χ0v) is 19.2. The van der Waals surface area contributed by atoms with Crippen molar-refractivity contribution in [3.63, 3.8) is 0 Å². The Kier molecular flexibility index (Phi) is 6.71. The number of aromatic nitrogens is 2. The lowest BCUT2D eigenvalue weighted by molar-refractivity contribution is -0.133. The third kappa shape index (κ3) is 4.61. The summed E-state index contributed by atoms with van der Waals surface area (Å²) in [6.45, 7) is 17.1. The number of nitrogens with zero attached hydrogens (tertiary/aromatic N) is 5. The highest BCUT2D eigenvalue weighted by Gasteiger charge is 2.32. The number of carbonyl (C=O) groups excluding carboxylic acids is 1. The molecule has 7 heteroatoms. The number of hydrogen-bond donors (Lipinski definition) is 1. The van der Waals surface area contributed by atoms with E-state index >= 15 is 0 Å². The first-order valence-corrected chi connectivity index (χ1v) is 11.6. The van der Waals surface area contributed by atoms with Crippen LogP contribution < -0.4 is 10.2 Å². The van der Waals surface area contributed by atoms with Gasteiger partial charge in [0.15, 0.2) is 5.69 Å². The second-order valence-electron chi connectivity index (χ2n) is 9.13. The number of fused-ring (bicyclic) bond motifs is 1. The summed E-state index contributed by atoms with van der Waals surface area (Å²) in [7, 11) is 0. The lowest BCUT2D eigenvalue weighted by atomic mass is 9.96. The highest BCUT2D eigenvalue weighted by Crippen LogP contribution is 2.37. The number of benzene rings is 1. The van der Waals surface area contributed by atoms with Crippen LogP contribution in [0.4, 0.5) is 11.5 Å². The molecule has 1 unspecified atom stereocenters. The van der Waals surface area contributed by atoms with E-state index in [0.29, 0.717) is 37.3 Å². The van der Waals surface area contributed by atoms with Crippen molar-refractivity contribution in [1.82, 2.24) is 20.2 Å². The van der Waals surface area contributed by atoms with E-state index in [9.17, 15) is 4.79 Å². The van der Waals surface area contributed by atoms with Crippen molar-refractivity contribution >= 4 is 17.4 Å².